The maximum Gasteiger partial charge on any atom is 0.0494 e. The first-order chi connectivity index (χ1) is 13.4. The Labute approximate surface area is 173 Å². The molecule has 0 bridgehead atoms. The molecule has 1 atom stereocenters. The van der Waals surface area contributed by atoms with Crippen LogP contribution in [0.25, 0.3) is 21.8 Å². The number of hydrogen-bond donors (Lipinski definition) is 0. The van der Waals surface area contributed by atoms with Crippen molar-refractivity contribution >= 4 is 21.8 Å². The van der Waals surface area contributed by atoms with Crippen LogP contribution in [0, 0.1) is 10.8 Å². The van der Waals surface area contributed by atoms with Crippen molar-refractivity contribution < 1.29 is 0 Å². The molecule has 0 aliphatic carbocycles. The van der Waals surface area contributed by atoms with E-state index >= 15 is 0 Å². The SMILES string of the molecule is CC.CCC(C)(C)CC(n1c2ccccc2c2ccccc21)C(C)(CC)CC. The molecule has 1 heterocycles. The highest BCUT2D eigenvalue weighted by molar-refractivity contribution is 6.08. The normalized spacial score (nSPS) is 13.4. The van der Waals surface area contributed by atoms with Crippen LogP contribution in [-0.4, -0.2) is 4.57 Å². The van der Waals surface area contributed by atoms with Gasteiger partial charge in [0.2, 0.25) is 0 Å². The van der Waals surface area contributed by atoms with Crippen molar-refractivity contribution in [3.05, 3.63) is 48.5 Å². The van der Waals surface area contributed by atoms with Crippen LogP contribution in [0.15, 0.2) is 48.5 Å². The maximum atomic E-state index is 2.68. The quantitative estimate of drug-likeness (QED) is 0.386. The molecule has 3 rings (SSSR count). The monoisotopic (exact) mass is 379 g/mol. The fourth-order valence-electron chi connectivity index (χ4n) is 4.33. The Bertz CT molecular complexity index is 826. The van der Waals surface area contributed by atoms with Crippen molar-refractivity contribution in [2.24, 2.45) is 10.8 Å². The second-order valence-corrected chi connectivity index (χ2v) is 9.00. The fourth-order valence-corrected chi connectivity index (χ4v) is 4.33. The van der Waals surface area contributed by atoms with Gasteiger partial charge in [-0.15, -0.1) is 0 Å². The van der Waals surface area contributed by atoms with Crippen LogP contribution in [0.4, 0.5) is 0 Å². The smallest absolute Gasteiger partial charge is 0.0494 e. The molecule has 0 radical (unpaired) electrons. The lowest BCUT2D eigenvalue weighted by Gasteiger charge is -2.42. The third-order valence-corrected chi connectivity index (χ3v) is 7.05. The summed E-state index contributed by atoms with van der Waals surface area (Å²) in [5.41, 5.74) is 3.40. The molecule has 1 nitrogen and oxygen atoms in total. The molecule has 1 heteroatoms. The van der Waals surface area contributed by atoms with Crippen LogP contribution in [0.3, 0.4) is 0 Å². The number of fused-ring (bicyclic) bond motifs is 3. The Morgan fingerprint density at radius 3 is 1.54 bits per heavy atom. The topological polar surface area (TPSA) is 4.93 Å². The summed E-state index contributed by atoms with van der Waals surface area (Å²) in [6.45, 7) is 18.4. The van der Waals surface area contributed by atoms with Gasteiger partial charge in [-0.1, -0.05) is 98.2 Å². The van der Waals surface area contributed by atoms with Crippen LogP contribution in [0.1, 0.15) is 87.1 Å². The van der Waals surface area contributed by atoms with Gasteiger partial charge >= 0.3 is 0 Å². The first-order valence-corrected chi connectivity index (χ1v) is 11.3. The molecule has 0 aliphatic rings. The molecule has 2 aromatic carbocycles. The summed E-state index contributed by atoms with van der Waals surface area (Å²) in [5, 5.41) is 2.77. The number of aromatic nitrogens is 1. The molecular formula is C27H41N. The summed E-state index contributed by atoms with van der Waals surface area (Å²) >= 11 is 0. The third kappa shape index (κ3) is 4.14. The molecule has 0 saturated heterocycles. The van der Waals surface area contributed by atoms with E-state index < -0.39 is 0 Å². The van der Waals surface area contributed by atoms with Crippen LogP contribution in [0.5, 0.6) is 0 Å². The molecule has 1 aromatic heterocycles. The van der Waals surface area contributed by atoms with E-state index in [1.165, 1.54) is 47.5 Å². The fraction of sp³-hybridized carbons (Fsp3) is 0.556. The third-order valence-electron chi connectivity index (χ3n) is 7.05. The maximum absolute atomic E-state index is 2.68. The van der Waals surface area contributed by atoms with Gasteiger partial charge in [0.05, 0.1) is 0 Å². The lowest BCUT2D eigenvalue weighted by atomic mass is 9.70. The predicted molar refractivity (Wildman–Crippen MR) is 127 cm³/mol. The van der Waals surface area contributed by atoms with Crippen molar-refractivity contribution in [2.45, 2.75) is 87.1 Å². The van der Waals surface area contributed by atoms with E-state index in [1.54, 1.807) is 0 Å². The minimum Gasteiger partial charge on any atom is -0.337 e. The predicted octanol–water partition coefficient (Wildman–Crippen LogP) is 9.01. The first kappa shape index (κ1) is 22.5. The Hall–Kier alpha value is -1.76. The Balaban J connectivity index is 0.00000136. The summed E-state index contributed by atoms with van der Waals surface area (Å²) in [6, 6.07) is 18.4. The number of para-hydroxylation sites is 2. The second-order valence-electron chi connectivity index (χ2n) is 9.00. The van der Waals surface area contributed by atoms with E-state index in [0.29, 0.717) is 11.5 Å². The second kappa shape index (κ2) is 9.16. The summed E-state index contributed by atoms with van der Waals surface area (Å²) in [5.74, 6) is 0. The highest BCUT2D eigenvalue weighted by Gasteiger charge is 2.37. The largest absolute Gasteiger partial charge is 0.337 e. The molecular weight excluding hydrogens is 338 g/mol. The van der Waals surface area contributed by atoms with Crippen molar-refractivity contribution in [3.8, 4) is 0 Å². The van der Waals surface area contributed by atoms with E-state index in [1.807, 2.05) is 13.8 Å². The zero-order valence-electron chi connectivity index (χ0n) is 19.5. The minimum absolute atomic E-state index is 0.289. The van der Waals surface area contributed by atoms with Crippen molar-refractivity contribution in [2.75, 3.05) is 0 Å². The minimum atomic E-state index is 0.289. The van der Waals surface area contributed by atoms with Crippen LogP contribution >= 0.6 is 0 Å². The van der Waals surface area contributed by atoms with Gasteiger partial charge in [0.25, 0.3) is 0 Å². The molecule has 0 saturated carbocycles. The number of benzene rings is 2. The van der Waals surface area contributed by atoms with Crippen molar-refractivity contribution in [1.29, 1.82) is 0 Å². The van der Waals surface area contributed by atoms with Gasteiger partial charge in [0, 0.05) is 27.8 Å². The van der Waals surface area contributed by atoms with Gasteiger partial charge < -0.3 is 4.57 Å². The molecule has 1 unspecified atom stereocenters. The van der Waals surface area contributed by atoms with Crippen molar-refractivity contribution in [3.63, 3.8) is 0 Å². The zero-order valence-corrected chi connectivity index (χ0v) is 19.5. The van der Waals surface area contributed by atoms with E-state index in [2.05, 4.69) is 94.6 Å². The molecule has 28 heavy (non-hydrogen) atoms. The van der Waals surface area contributed by atoms with Gasteiger partial charge in [-0.25, -0.2) is 0 Å². The molecule has 3 aromatic rings. The van der Waals surface area contributed by atoms with Crippen LogP contribution in [-0.2, 0) is 0 Å². The molecule has 0 N–H and O–H groups in total. The lowest BCUT2D eigenvalue weighted by molar-refractivity contribution is 0.121. The average Bonchev–Trinajstić information content (AvgIpc) is 3.07. The highest BCUT2D eigenvalue weighted by Crippen LogP contribution is 2.48. The zero-order chi connectivity index (χ0) is 20.9. The van der Waals surface area contributed by atoms with Gasteiger partial charge in [0.15, 0.2) is 0 Å². The van der Waals surface area contributed by atoms with Crippen LogP contribution < -0.4 is 0 Å². The summed E-state index contributed by atoms with van der Waals surface area (Å²) in [6.07, 6.45) is 4.83. The Morgan fingerprint density at radius 2 is 1.14 bits per heavy atom. The molecule has 0 fully saturated rings. The summed E-state index contributed by atoms with van der Waals surface area (Å²) < 4.78 is 2.68. The van der Waals surface area contributed by atoms with E-state index in [0.717, 1.165) is 0 Å². The number of hydrogen-bond acceptors (Lipinski definition) is 0. The standard InChI is InChI=1S/C25H35N.C2H6/c1-7-24(4,5)18-23(25(6,8-2)9-3)26-21-16-12-10-14-19(21)20-15-11-13-17-22(20)26;1-2/h10-17,23H,7-9,18H2,1-6H3;1-2H3. The summed E-state index contributed by atoms with van der Waals surface area (Å²) in [7, 11) is 0. The first-order valence-electron chi connectivity index (χ1n) is 11.3. The molecule has 0 amide bonds. The Kier molecular flexibility index (Phi) is 7.37. The highest BCUT2D eigenvalue weighted by atomic mass is 15.0. The number of rotatable bonds is 7. The van der Waals surface area contributed by atoms with Crippen molar-refractivity contribution in [1.82, 2.24) is 4.57 Å². The molecule has 0 spiro atoms. The summed E-state index contributed by atoms with van der Waals surface area (Å²) in [4.78, 5) is 0. The van der Waals surface area contributed by atoms with E-state index in [-0.39, 0.29) is 5.41 Å². The molecule has 0 aliphatic heterocycles. The average molecular weight is 380 g/mol. The van der Waals surface area contributed by atoms with Gasteiger partial charge in [0.1, 0.15) is 0 Å². The van der Waals surface area contributed by atoms with Crippen LogP contribution in [0.2, 0.25) is 0 Å². The molecule has 154 valence electrons. The van der Waals surface area contributed by atoms with E-state index in [4.69, 9.17) is 0 Å². The van der Waals surface area contributed by atoms with Gasteiger partial charge in [-0.2, -0.15) is 0 Å². The van der Waals surface area contributed by atoms with E-state index in [9.17, 15) is 0 Å². The van der Waals surface area contributed by atoms with Gasteiger partial charge in [-0.3, -0.25) is 0 Å². The number of nitrogens with zero attached hydrogens (tertiary/aromatic N) is 1. The van der Waals surface area contributed by atoms with Gasteiger partial charge in [-0.05, 0) is 42.2 Å². The lowest BCUT2D eigenvalue weighted by Crippen LogP contribution is -2.33. The Morgan fingerprint density at radius 1 is 0.714 bits per heavy atom.